The zero-order valence-electron chi connectivity index (χ0n) is 10.7. The van der Waals surface area contributed by atoms with E-state index in [0.717, 1.165) is 5.69 Å². The standard InChI is InChI=1S/C15H14ClFN2O/c16-11-5-1-3-7-13(11)18-10-9-15(20)19-14-8-4-2-6-12(14)17/h1-8,18H,9-10H2,(H,19,20). The molecule has 0 aliphatic rings. The molecular formula is C15H14ClFN2O. The van der Waals surface area contributed by atoms with Crippen LogP contribution in [0.15, 0.2) is 48.5 Å². The van der Waals surface area contributed by atoms with Gasteiger partial charge < -0.3 is 10.6 Å². The average Bonchev–Trinajstić information content (AvgIpc) is 2.43. The molecule has 0 heterocycles. The highest BCUT2D eigenvalue weighted by Gasteiger charge is 2.06. The zero-order valence-corrected chi connectivity index (χ0v) is 11.5. The predicted molar refractivity (Wildman–Crippen MR) is 79.6 cm³/mol. The lowest BCUT2D eigenvalue weighted by molar-refractivity contribution is -0.116. The smallest absolute Gasteiger partial charge is 0.226 e. The number of hydrogen-bond donors (Lipinski definition) is 2. The van der Waals surface area contributed by atoms with Gasteiger partial charge in [-0.1, -0.05) is 35.9 Å². The van der Waals surface area contributed by atoms with Gasteiger partial charge >= 0.3 is 0 Å². The highest BCUT2D eigenvalue weighted by atomic mass is 35.5. The molecule has 5 heteroatoms. The summed E-state index contributed by atoms with van der Waals surface area (Å²) < 4.78 is 13.3. The van der Waals surface area contributed by atoms with Crippen LogP contribution in [0, 0.1) is 5.82 Å². The molecular weight excluding hydrogens is 279 g/mol. The van der Waals surface area contributed by atoms with Crippen LogP contribution in [0.1, 0.15) is 6.42 Å². The number of amides is 1. The third-order valence-corrected chi connectivity index (χ3v) is 3.02. The fourth-order valence-corrected chi connectivity index (χ4v) is 1.89. The van der Waals surface area contributed by atoms with E-state index in [1.165, 1.54) is 12.1 Å². The Morgan fingerprint density at radius 2 is 1.70 bits per heavy atom. The minimum Gasteiger partial charge on any atom is -0.383 e. The van der Waals surface area contributed by atoms with Crippen molar-refractivity contribution in [3.05, 3.63) is 59.4 Å². The Morgan fingerprint density at radius 3 is 2.40 bits per heavy atom. The molecule has 0 radical (unpaired) electrons. The van der Waals surface area contributed by atoms with Gasteiger partial charge in [0.1, 0.15) is 5.82 Å². The number of rotatable bonds is 5. The van der Waals surface area contributed by atoms with Crippen LogP contribution in [0.2, 0.25) is 5.02 Å². The first-order chi connectivity index (χ1) is 9.66. The van der Waals surface area contributed by atoms with E-state index in [0.29, 0.717) is 11.6 Å². The molecule has 104 valence electrons. The van der Waals surface area contributed by atoms with E-state index in [2.05, 4.69) is 10.6 Å². The van der Waals surface area contributed by atoms with Gasteiger partial charge in [0, 0.05) is 13.0 Å². The summed E-state index contributed by atoms with van der Waals surface area (Å²) in [4.78, 5) is 11.7. The number of para-hydroxylation sites is 2. The molecule has 0 bridgehead atoms. The fraction of sp³-hybridized carbons (Fsp3) is 0.133. The summed E-state index contributed by atoms with van der Waals surface area (Å²) in [5, 5.41) is 6.18. The summed E-state index contributed by atoms with van der Waals surface area (Å²) in [6.45, 7) is 0.421. The molecule has 2 rings (SSSR count). The van der Waals surface area contributed by atoms with Crippen molar-refractivity contribution in [2.75, 3.05) is 17.2 Å². The number of nitrogens with one attached hydrogen (secondary N) is 2. The highest BCUT2D eigenvalue weighted by molar-refractivity contribution is 6.33. The molecule has 1 amide bonds. The van der Waals surface area contributed by atoms with Gasteiger partial charge in [-0.15, -0.1) is 0 Å². The summed E-state index contributed by atoms with van der Waals surface area (Å²) in [7, 11) is 0. The van der Waals surface area contributed by atoms with Crippen molar-refractivity contribution < 1.29 is 9.18 Å². The molecule has 2 aromatic rings. The van der Waals surface area contributed by atoms with Crippen molar-refractivity contribution in [2.24, 2.45) is 0 Å². The molecule has 0 spiro atoms. The van der Waals surface area contributed by atoms with Crippen molar-refractivity contribution in [1.82, 2.24) is 0 Å². The van der Waals surface area contributed by atoms with Gasteiger partial charge in [-0.2, -0.15) is 0 Å². The van der Waals surface area contributed by atoms with E-state index < -0.39 is 5.82 Å². The Bertz CT molecular complexity index is 604. The molecule has 3 nitrogen and oxygen atoms in total. The molecule has 2 N–H and O–H groups in total. The third kappa shape index (κ3) is 3.96. The maximum Gasteiger partial charge on any atom is 0.226 e. The summed E-state index contributed by atoms with van der Waals surface area (Å²) in [6, 6.07) is 13.4. The molecule has 20 heavy (non-hydrogen) atoms. The first kappa shape index (κ1) is 14.3. The lowest BCUT2D eigenvalue weighted by Crippen LogP contribution is -2.17. The Labute approximate surface area is 121 Å². The number of hydrogen-bond acceptors (Lipinski definition) is 2. The topological polar surface area (TPSA) is 41.1 Å². The van der Waals surface area contributed by atoms with Gasteiger partial charge in [-0.3, -0.25) is 4.79 Å². The van der Waals surface area contributed by atoms with Crippen LogP contribution in [0.4, 0.5) is 15.8 Å². The second-order valence-corrected chi connectivity index (χ2v) is 4.59. The van der Waals surface area contributed by atoms with Crippen molar-refractivity contribution in [3.8, 4) is 0 Å². The minimum absolute atomic E-state index is 0.190. The predicted octanol–water partition coefficient (Wildman–Crippen LogP) is 3.92. The Morgan fingerprint density at radius 1 is 1.05 bits per heavy atom. The molecule has 0 atom stereocenters. The van der Waals surface area contributed by atoms with Crippen molar-refractivity contribution >= 4 is 28.9 Å². The number of anilines is 2. The van der Waals surface area contributed by atoms with Gasteiger partial charge in [0.05, 0.1) is 16.4 Å². The van der Waals surface area contributed by atoms with Crippen LogP contribution in [-0.4, -0.2) is 12.5 Å². The molecule has 0 fully saturated rings. The second kappa shape index (κ2) is 6.91. The summed E-state index contributed by atoms with van der Waals surface area (Å²) in [5.74, 6) is -0.699. The van der Waals surface area contributed by atoms with E-state index in [1.54, 1.807) is 18.2 Å². The molecule has 0 saturated carbocycles. The number of carbonyl (C=O) groups is 1. The number of benzene rings is 2. The maximum absolute atomic E-state index is 13.3. The molecule has 0 aliphatic carbocycles. The lowest BCUT2D eigenvalue weighted by atomic mass is 10.3. The van der Waals surface area contributed by atoms with Crippen molar-refractivity contribution in [3.63, 3.8) is 0 Å². The Kier molecular flexibility index (Phi) is 4.96. The SMILES string of the molecule is O=C(CCNc1ccccc1Cl)Nc1ccccc1F. The maximum atomic E-state index is 13.3. The van der Waals surface area contributed by atoms with Gasteiger partial charge in [-0.05, 0) is 24.3 Å². The zero-order chi connectivity index (χ0) is 14.4. The van der Waals surface area contributed by atoms with Gasteiger partial charge in [0.2, 0.25) is 5.91 Å². The van der Waals surface area contributed by atoms with E-state index in [4.69, 9.17) is 11.6 Å². The number of carbonyl (C=O) groups excluding carboxylic acids is 1. The molecule has 0 aromatic heterocycles. The molecule has 0 saturated heterocycles. The van der Waals surface area contributed by atoms with E-state index >= 15 is 0 Å². The van der Waals surface area contributed by atoms with Crippen LogP contribution in [0.3, 0.4) is 0 Å². The lowest BCUT2D eigenvalue weighted by Gasteiger charge is -2.09. The summed E-state index contributed by atoms with van der Waals surface area (Å²) in [5.41, 5.74) is 0.961. The van der Waals surface area contributed by atoms with Crippen LogP contribution in [0.25, 0.3) is 0 Å². The first-order valence-corrected chi connectivity index (χ1v) is 6.57. The summed E-state index contributed by atoms with van der Waals surface area (Å²) >= 11 is 5.98. The minimum atomic E-state index is -0.445. The van der Waals surface area contributed by atoms with Crippen LogP contribution in [-0.2, 0) is 4.79 Å². The Hall–Kier alpha value is -2.07. The highest BCUT2D eigenvalue weighted by Crippen LogP contribution is 2.20. The van der Waals surface area contributed by atoms with Crippen LogP contribution < -0.4 is 10.6 Å². The molecule has 2 aromatic carbocycles. The van der Waals surface area contributed by atoms with Crippen LogP contribution >= 0.6 is 11.6 Å². The third-order valence-electron chi connectivity index (χ3n) is 2.69. The molecule has 0 unspecified atom stereocenters. The van der Waals surface area contributed by atoms with Gasteiger partial charge in [0.25, 0.3) is 0 Å². The average molecular weight is 293 g/mol. The fourth-order valence-electron chi connectivity index (χ4n) is 1.69. The van der Waals surface area contributed by atoms with Gasteiger partial charge in [0.15, 0.2) is 0 Å². The summed E-state index contributed by atoms with van der Waals surface area (Å²) in [6.07, 6.45) is 0.222. The monoisotopic (exact) mass is 292 g/mol. The number of halogens is 2. The Balaban J connectivity index is 1.82. The van der Waals surface area contributed by atoms with Gasteiger partial charge in [-0.25, -0.2) is 4.39 Å². The largest absolute Gasteiger partial charge is 0.383 e. The first-order valence-electron chi connectivity index (χ1n) is 6.19. The van der Waals surface area contributed by atoms with E-state index in [1.807, 2.05) is 18.2 Å². The second-order valence-electron chi connectivity index (χ2n) is 4.18. The normalized spacial score (nSPS) is 10.1. The molecule has 0 aliphatic heterocycles. The quantitative estimate of drug-likeness (QED) is 0.877. The van der Waals surface area contributed by atoms with Crippen molar-refractivity contribution in [2.45, 2.75) is 6.42 Å². The van der Waals surface area contributed by atoms with Crippen molar-refractivity contribution in [1.29, 1.82) is 0 Å². The van der Waals surface area contributed by atoms with Crippen LogP contribution in [0.5, 0.6) is 0 Å². The van der Waals surface area contributed by atoms with E-state index in [-0.39, 0.29) is 18.0 Å². The van der Waals surface area contributed by atoms with E-state index in [9.17, 15) is 9.18 Å².